The highest BCUT2D eigenvalue weighted by Crippen LogP contribution is 2.08. The van der Waals surface area contributed by atoms with Crippen molar-refractivity contribution in [1.82, 2.24) is 0 Å². The molecule has 4 nitrogen and oxygen atoms in total. The predicted octanol–water partition coefficient (Wildman–Crippen LogP) is 2.97. The molecule has 0 fully saturated rings. The number of aldehydes is 1. The van der Waals surface area contributed by atoms with Gasteiger partial charge in [-0.15, -0.1) is 0 Å². The van der Waals surface area contributed by atoms with E-state index in [9.17, 15) is 14.7 Å². The van der Waals surface area contributed by atoms with Gasteiger partial charge in [0.2, 0.25) is 0 Å². The monoisotopic (exact) mass is 274 g/mol. The Labute approximate surface area is 117 Å². The van der Waals surface area contributed by atoms with Crippen molar-refractivity contribution in [1.29, 1.82) is 0 Å². The highest BCUT2D eigenvalue weighted by atomic mass is 16.5. The smallest absolute Gasteiger partial charge is 0.308 e. The van der Waals surface area contributed by atoms with Gasteiger partial charge in [-0.2, -0.15) is 0 Å². The molecule has 0 aromatic heterocycles. The van der Waals surface area contributed by atoms with Crippen molar-refractivity contribution in [3.63, 3.8) is 0 Å². The van der Waals surface area contributed by atoms with Gasteiger partial charge in [-0.3, -0.25) is 4.79 Å². The summed E-state index contributed by atoms with van der Waals surface area (Å²) in [5.41, 5.74) is 0. The number of esters is 1. The number of hydrogen-bond acceptors (Lipinski definition) is 4. The minimum absolute atomic E-state index is 0.117. The lowest BCUT2D eigenvalue weighted by Gasteiger charge is -2.11. The molecule has 4 heteroatoms. The average molecular weight is 274 g/mol. The summed E-state index contributed by atoms with van der Waals surface area (Å²) in [5, 5.41) is 9.32. The number of aliphatic hydroxyl groups excluding tert-OH is 1. The fraction of sp³-hybridized carbons (Fsp3) is 0.867. The molecule has 1 atom stereocenters. The molecular weight excluding hydrogens is 244 g/mol. The molecule has 1 unspecified atom stereocenters. The topological polar surface area (TPSA) is 63.6 Å². The van der Waals surface area contributed by atoms with Crippen LogP contribution in [0, 0.1) is 11.8 Å². The molecule has 0 bridgehead atoms. The highest BCUT2D eigenvalue weighted by Gasteiger charge is 2.12. The minimum atomic E-state index is -0.552. The van der Waals surface area contributed by atoms with E-state index in [1.54, 1.807) is 6.92 Å². The van der Waals surface area contributed by atoms with Crippen LogP contribution in [-0.4, -0.2) is 30.1 Å². The normalized spacial score (nSPS) is 11.8. The molecule has 0 rings (SSSR count). The molecule has 0 aromatic rings. The number of hydrogen-bond donors (Lipinski definition) is 1. The summed E-state index contributed by atoms with van der Waals surface area (Å²) < 4.78 is 4.70. The fourth-order valence-corrected chi connectivity index (χ4v) is 1.44. The molecule has 0 aliphatic rings. The molecule has 19 heavy (non-hydrogen) atoms. The second kappa shape index (κ2) is 13.5. The Hall–Kier alpha value is -0.900. The summed E-state index contributed by atoms with van der Waals surface area (Å²) in [6.45, 7) is 10.4. The van der Waals surface area contributed by atoms with Crippen LogP contribution in [0.15, 0.2) is 0 Å². The van der Waals surface area contributed by atoms with Gasteiger partial charge >= 0.3 is 5.97 Å². The predicted molar refractivity (Wildman–Crippen MR) is 76.8 cm³/mol. The Morgan fingerprint density at radius 1 is 1.21 bits per heavy atom. The first-order valence-corrected chi connectivity index (χ1v) is 7.10. The van der Waals surface area contributed by atoms with Crippen LogP contribution in [0.25, 0.3) is 0 Å². The molecule has 0 heterocycles. The Kier molecular flexibility index (Phi) is 14.5. The lowest BCUT2D eigenvalue weighted by Crippen LogP contribution is -2.17. The summed E-state index contributed by atoms with van der Waals surface area (Å²) in [6.07, 6.45) is 2.94. The van der Waals surface area contributed by atoms with Gasteiger partial charge in [0.25, 0.3) is 0 Å². The van der Waals surface area contributed by atoms with E-state index in [1.165, 1.54) is 0 Å². The van der Waals surface area contributed by atoms with Gasteiger partial charge in [0.15, 0.2) is 0 Å². The van der Waals surface area contributed by atoms with E-state index in [-0.39, 0.29) is 12.4 Å². The lowest BCUT2D eigenvalue weighted by molar-refractivity contribution is -0.145. The maximum Gasteiger partial charge on any atom is 0.308 e. The quantitative estimate of drug-likeness (QED) is 0.546. The Bertz CT molecular complexity index is 224. The van der Waals surface area contributed by atoms with Crippen LogP contribution in [0.2, 0.25) is 0 Å². The van der Waals surface area contributed by atoms with E-state index in [1.807, 2.05) is 13.8 Å². The van der Waals surface area contributed by atoms with E-state index < -0.39 is 6.10 Å². The first kappa shape index (κ1) is 20.4. The Morgan fingerprint density at radius 3 is 2.11 bits per heavy atom. The molecule has 114 valence electrons. The maximum absolute atomic E-state index is 10.9. The first-order valence-electron chi connectivity index (χ1n) is 7.10. The maximum atomic E-state index is 10.9. The molecule has 0 aliphatic carbocycles. The lowest BCUT2D eigenvalue weighted by atomic mass is 10.0. The summed E-state index contributed by atoms with van der Waals surface area (Å²) in [4.78, 5) is 20.6. The second-order valence-corrected chi connectivity index (χ2v) is 5.43. The van der Waals surface area contributed by atoms with Crippen LogP contribution >= 0.6 is 0 Å². The van der Waals surface area contributed by atoms with Crippen molar-refractivity contribution in [2.45, 2.75) is 66.4 Å². The van der Waals surface area contributed by atoms with Crippen LogP contribution in [0.3, 0.4) is 0 Å². The summed E-state index contributed by atoms with van der Waals surface area (Å²) in [5.74, 6) is 0.769. The zero-order valence-corrected chi connectivity index (χ0v) is 13.0. The number of rotatable bonds is 8. The van der Waals surface area contributed by atoms with Crippen LogP contribution < -0.4 is 0 Å². The van der Waals surface area contributed by atoms with E-state index in [0.717, 1.165) is 19.1 Å². The van der Waals surface area contributed by atoms with E-state index in [0.29, 0.717) is 24.9 Å². The summed E-state index contributed by atoms with van der Waals surface area (Å²) >= 11 is 0. The Balaban J connectivity index is 0. The molecule has 0 radical (unpaired) electrons. The van der Waals surface area contributed by atoms with E-state index in [4.69, 9.17) is 4.74 Å². The van der Waals surface area contributed by atoms with Crippen LogP contribution in [0.4, 0.5) is 0 Å². The standard InChI is InChI=1S/C9H18O3.C6H12O/c1-4-12-9(11)6-8(10)5-7(2)3;1-6(2)4-3-5-7/h7-8,10H,4-6H2,1-3H3;5-6H,3-4H2,1-2H3. The molecule has 0 aliphatic heterocycles. The fourth-order valence-electron chi connectivity index (χ4n) is 1.44. The van der Waals surface area contributed by atoms with Gasteiger partial charge < -0.3 is 14.6 Å². The molecule has 0 spiro atoms. The van der Waals surface area contributed by atoms with Crippen LogP contribution in [0.5, 0.6) is 0 Å². The van der Waals surface area contributed by atoms with E-state index >= 15 is 0 Å². The Morgan fingerprint density at radius 2 is 1.79 bits per heavy atom. The van der Waals surface area contributed by atoms with Gasteiger partial charge in [-0.1, -0.05) is 27.7 Å². The SMILES string of the molecule is CC(C)CCC=O.CCOC(=O)CC(O)CC(C)C. The second-order valence-electron chi connectivity index (χ2n) is 5.43. The van der Waals surface area contributed by atoms with Gasteiger partial charge in [0.05, 0.1) is 19.1 Å². The van der Waals surface area contributed by atoms with E-state index in [2.05, 4.69) is 13.8 Å². The molecule has 1 N–H and O–H groups in total. The van der Waals surface area contributed by atoms with Crippen molar-refractivity contribution in [2.24, 2.45) is 11.8 Å². The van der Waals surface area contributed by atoms with Crippen molar-refractivity contribution in [3.05, 3.63) is 0 Å². The van der Waals surface area contributed by atoms with Crippen LogP contribution in [0.1, 0.15) is 60.3 Å². The summed E-state index contributed by atoms with van der Waals surface area (Å²) in [7, 11) is 0. The number of aliphatic hydroxyl groups is 1. The van der Waals surface area contributed by atoms with Gasteiger partial charge in [-0.25, -0.2) is 0 Å². The molecular formula is C15H30O4. The zero-order valence-electron chi connectivity index (χ0n) is 13.0. The first-order chi connectivity index (χ1) is 8.83. The minimum Gasteiger partial charge on any atom is -0.466 e. The number of carbonyl (C=O) groups excluding carboxylic acids is 2. The molecule has 0 saturated heterocycles. The summed E-state index contributed by atoms with van der Waals surface area (Å²) in [6, 6.07) is 0. The largest absolute Gasteiger partial charge is 0.466 e. The number of carbonyl (C=O) groups is 2. The third-order valence-corrected chi connectivity index (χ3v) is 2.31. The van der Waals surface area contributed by atoms with Crippen molar-refractivity contribution < 1.29 is 19.4 Å². The van der Waals surface area contributed by atoms with Crippen molar-refractivity contribution in [2.75, 3.05) is 6.61 Å². The molecule has 0 amide bonds. The van der Waals surface area contributed by atoms with Crippen molar-refractivity contribution >= 4 is 12.3 Å². The van der Waals surface area contributed by atoms with Gasteiger partial charge in [0, 0.05) is 6.42 Å². The van der Waals surface area contributed by atoms with Crippen molar-refractivity contribution in [3.8, 4) is 0 Å². The molecule has 0 aromatic carbocycles. The number of ether oxygens (including phenoxy) is 1. The average Bonchev–Trinajstić information content (AvgIpc) is 2.25. The molecule has 0 saturated carbocycles. The third kappa shape index (κ3) is 19.6. The highest BCUT2D eigenvalue weighted by molar-refractivity contribution is 5.69. The van der Waals surface area contributed by atoms with Gasteiger partial charge in [0.1, 0.15) is 6.29 Å². The van der Waals surface area contributed by atoms with Gasteiger partial charge in [-0.05, 0) is 31.6 Å². The van der Waals surface area contributed by atoms with Crippen LogP contribution in [-0.2, 0) is 14.3 Å². The third-order valence-electron chi connectivity index (χ3n) is 2.31. The zero-order chi connectivity index (χ0) is 15.3.